The van der Waals surface area contributed by atoms with Gasteiger partial charge in [0.1, 0.15) is 12.4 Å². The van der Waals surface area contributed by atoms with Crippen LogP contribution in [0.1, 0.15) is 62.6 Å². The van der Waals surface area contributed by atoms with Crippen LogP contribution in [0.5, 0.6) is 5.75 Å². The van der Waals surface area contributed by atoms with Crippen molar-refractivity contribution in [3.8, 4) is 5.75 Å². The van der Waals surface area contributed by atoms with E-state index in [9.17, 15) is 4.79 Å². The Bertz CT molecular complexity index is 1150. The quantitative estimate of drug-likeness (QED) is 0.250. The molecule has 5 atom stereocenters. The molecule has 1 unspecified atom stereocenters. The van der Waals surface area contributed by atoms with E-state index in [4.69, 9.17) is 23.7 Å². The predicted octanol–water partition coefficient (Wildman–Crippen LogP) is 4.67. The first-order valence-corrected chi connectivity index (χ1v) is 16.1. The molecule has 9 nitrogen and oxygen atoms in total. The molecule has 244 valence electrons. The monoisotopic (exact) mass is 611 g/mol. The fraction of sp³-hybridized carbons (Fsp3) is 0.629. The summed E-state index contributed by atoms with van der Waals surface area (Å²) in [7, 11) is 3.47. The Labute approximate surface area is 263 Å². The zero-order valence-corrected chi connectivity index (χ0v) is 27.3. The smallest absolute Gasteiger partial charge is 0.217 e. The number of benzene rings is 2. The molecule has 2 N–H and O–H groups in total. The van der Waals surface area contributed by atoms with Crippen molar-refractivity contribution in [1.29, 1.82) is 0 Å². The van der Waals surface area contributed by atoms with Crippen LogP contribution in [0.25, 0.3) is 0 Å². The van der Waals surface area contributed by atoms with Gasteiger partial charge in [-0.2, -0.15) is 0 Å². The van der Waals surface area contributed by atoms with Crippen LogP contribution in [-0.4, -0.2) is 84.4 Å². The highest BCUT2D eigenvalue weighted by atomic mass is 16.5. The normalized spacial score (nSPS) is 21.3. The predicted molar refractivity (Wildman–Crippen MR) is 173 cm³/mol. The molecule has 1 amide bonds. The maximum absolute atomic E-state index is 11.6. The fourth-order valence-electron chi connectivity index (χ4n) is 6.32. The number of ether oxygens (including phenoxy) is 5. The summed E-state index contributed by atoms with van der Waals surface area (Å²) in [5, 5.41) is 6.75. The number of anilines is 1. The molecular weight excluding hydrogens is 558 g/mol. The average molecular weight is 612 g/mol. The van der Waals surface area contributed by atoms with Gasteiger partial charge in [-0.15, -0.1) is 0 Å². The lowest BCUT2D eigenvalue weighted by Gasteiger charge is -2.38. The molecule has 9 heteroatoms. The van der Waals surface area contributed by atoms with Crippen LogP contribution in [-0.2, 0) is 37.0 Å². The minimum atomic E-state index is 0.00760. The Morgan fingerprint density at radius 2 is 1.86 bits per heavy atom. The number of methoxy groups -OCH3 is 2. The van der Waals surface area contributed by atoms with Crippen molar-refractivity contribution in [2.45, 2.75) is 77.4 Å². The lowest BCUT2D eigenvalue weighted by atomic mass is 9.82. The molecule has 2 aromatic rings. The number of amides is 1. The molecule has 0 saturated carbocycles. The average Bonchev–Trinajstić information content (AvgIpc) is 3.00. The third-order valence-electron chi connectivity index (χ3n) is 8.44. The second kappa shape index (κ2) is 17.7. The van der Waals surface area contributed by atoms with Crippen molar-refractivity contribution in [2.75, 3.05) is 65.2 Å². The number of fused-ring (bicyclic) bond motifs is 1. The van der Waals surface area contributed by atoms with Crippen LogP contribution in [0.15, 0.2) is 42.5 Å². The van der Waals surface area contributed by atoms with Gasteiger partial charge in [0, 0.05) is 64.8 Å². The van der Waals surface area contributed by atoms with Crippen LogP contribution < -0.4 is 20.3 Å². The third-order valence-corrected chi connectivity index (χ3v) is 8.44. The van der Waals surface area contributed by atoms with Gasteiger partial charge in [-0.05, 0) is 55.0 Å². The van der Waals surface area contributed by atoms with E-state index in [0.29, 0.717) is 39.0 Å². The minimum absolute atomic E-state index is 0.00760. The van der Waals surface area contributed by atoms with E-state index < -0.39 is 0 Å². The molecule has 2 aliphatic heterocycles. The van der Waals surface area contributed by atoms with Gasteiger partial charge in [-0.1, -0.05) is 37.3 Å². The van der Waals surface area contributed by atoms with E-state index in [-0.39, 0.29) is 30.0 Å². The van der Waals surface area contributed by atoms with E-state index in [1.165, 1.54) is 5.56 Å². The number of nitrogens with zero attached hydrogens (tertiary/aromatic N) is 1. The number of hydrogen-bond acceptors (Lipinski definition) is 8. The molecule has 0 aliphatic carbocycles. The Kier molecular flexibility index (Phi) is 13.8. The molecule has 0 radical (unpaired) electrons. The number of carbonyl (C=O) groups excluding carboxylic acids is 1. The van der Waals surface area contributed by atoms with Crippen molar-refractivity contribution < 1.29 is 28.5 Å². The topological polar surface area (TPSA) is 90.5 Å². The molecule has 2 aliphatic rings. The molecule has 44 heavy (non-hydrogen) atoms. The van der Waals surface area contributed by atoms with Gasteiger partial charge in [0.2, 0.25) is 5.91 Å². The molecule has 2 heterocycles. The van der Waals surface area contributed by atoms with Crippen LogP contribution in [0.4, 0.5) is 5.69 Å². The fourth-order valence-corrected chi connectivity index (χ4v) is 6.32. The highest BCUT2D eigenvalue weighted by Gasteiger charge is 2.33. The van der Waals surface area contributed by atoms with E-state index in [1.54, 1.807) is 21.1 Å². The number of piperidine rings is 1. The summed E-state index contributed by atoms with van der Waals surface area (Å²) in [6.45, 7) is 12.3. The number of rotatable bonds is 17. The largest absolute Gasteiger partial charge is 0.490 e. The van der Waals surface area contributed by atoms with Crippen LogP contribution in [0, 0.1) is 5.92 Å². The summed E-state index contributed by atoms with van der Waals surface area (Å²) in [6, 6.07) is 15.6. The van der Waals surface area contributed by atoms with E-state index in [0.717, 1.165) is 68.1 Å². The van der Waals surface area contributed by atoms with Crippen LogP contribution in [0.2, 0.25) is 0 Å². The first kappa shape index (κ1) is 34.2. The summed E-state index contributed by atoms with van der Waals surface area (Å²) in [5.41, 5.74) is 4.70. The minimum Gasteiger partial charge on any atom is -0.490 e. The molecule has 2 aromatic carbocycles. The molecular formula is C35H53N3O6. The third kappa shape index (κ3) is 10.4. The highest BCUT2D eigenvalue weighted by molar-refractivity contribution is 5.73. The summed E-state index contributed by atoms with van der Waals surface area (Å²) < 4.78 is 29.0. The molecule has 1 saturated heterocycles. The van der Waals surface area contributed by atoms with E-state index in [2.05, 4.69) is 71.8 Å². The zero-order chi connectivity index (χ0) is 31.3. The molecule has 1 fully saturated rings. The van der Waals surface area contributed by atoms with E-state index >= 15 is 0 Å². The standard InChI is InChI=1S/C35H53N3O6/c1-25(21-41-5)22-42-23-28-7-10-30(11-8-28)32-19-31(17-26(2)37-27(3)39)36-20-35(32)44-24-29-9-12-34-33(18-29)38(14-16-43-34)13-6-15-40-4/h7-12,18,25-26,31-32,35-36H,6,13-17,19-24H2,1-5H3,(H,37,39)/t25?,26-,31-,32-,35+/m1/s1. The van der Waals surface area contributed by atoms with Crippen LogP contribution in [0.3, 0.4) is 0 Å². The molecule has 4 rings (SSSR count). The van der Waals surface area contributed by atoms with Gasteiger partial charge >= 0.3 is 0 Å². The Hall–Kier alpha value is -2.69. The lowest BCUT2D eigenvalue weighted by Crippen LogP contribution is -2.49. The molecule has 0 bridgehead atoms. The van der Waals surface area contributed by atoms with E-state index in [1.807, 2.05) is 0 Å². The molecule has 0 aromatic heterocycles. The maximum atomic E-state index is 11.6. The summed E-state index contributed by atoms with van der Waals surface area (Å²) in [5.74, 6) is 1.54. The van der Waals surface area contributed by atoms with Crippen molar-refractivity contribution in [3.63, 3.8) is 0 Å². The first-order valence-electron chi connectivity index (χ1n) is 16.1. The summed E-state index contributed by atoms with van der Waals surface area (Å²) >= 11 is 0. The van der Waals surface area contributed by atoms with Gasteiger partial charge in [-0.25, -0.2) is 0 Å². The van der Waals surface area contributed by atoms with Gasteiger partial charge in [0.15, 0.2) is 0 Å². The van der Waals surface area contributed by atoms with Crippen LogP contribution >= 0.6 is 0 Å². The van der Waals surface area contributed by atoms with Gasteiger partial charge in [0.25, 0.3) is 0 Å². The molecule has 0 spiro atoms. The van der Waals surface area contributed by atoms with Gasteiger partial charge in [-0.3, -0.25) is 4.79 Å². The second-order valence-corrected chi connectivity index (χ2v) is 12.4. The van der Waals surface area contributed by atoms with Crippen molar-refractivity contribution in [1.82, 2.24) is 10.6 Å². The van der Waals surface area contributed by atoms with Crippen molar-refractivity contribution >= 4 is 11.6 Å². The summed E-state index contributed by atoms with van der Waals surface area (Å²) in [6.07, 6.45) is 2.80. The number of carbonyl (C=O) groups is 1. The maximum Gasteiger partial charge on any atom is 0.217 e. The van der Waals surface area contributed by atoms with Crippen molar-refractivity contribution in [2.24, 2.45) is 5.92 Å². The Morgan fingerprint density at radius 3 is 2.61 bits per heavy atom. The number of hydrogen-bond donors (Lipinski definition) is 2. The lowest BCUT2D eigenvalue weighted by molar-refractivity contribution is -0.119. The number of nitrogens with one attached hydrogen (secondary N) is 2. The SMILES string of the molecule is COCCCN1CCOc2ccc(CO[C@H]3CN[C@H](C[C@@H](C)NC(C)=O)C[C@@H]3c3ccc(COCC(C)COC)cc3)cc21. The zero-order valence-electron chi connectivity index (χ0n) is 27.3. The summed E-state index contributed by atoms with van der Waals surface area (Å²) in [4.78, 5) is 14.0. The van der Waals surface area contributed by atoms with Crippen molar-refractivity contribution in [3.05, 3.63) is 59.2 Å². The van der Waals surface area contributed by atoms with Gasteiger partial charge < -0.3 is 39.2 Å². The Morgan fingerprint density at radius 1 is 1.07 bits per heavy atom. The second-order valence-electron chi connectivity index (χ2n) is 12.4. The first-order chi connectivity index (χ1) is 21.4. The van der Waals surface area contributed by atoms with Gasteiger partial charge in [0.05, 0.1) is 44.8 Å². The Balaban J connectivity index is 1.42. The highest BCUT2D eigenvalue weighted by Crippen LogP contribution is 2.35.